The van der Waals surface area contributed by atoms with Gasteiger partial charge >= 0.3 is 0 Å². The molecule has 0 radical (unpaired) electrons. The Kier molecular flexibility index (Phi) is 1.86. The van der Waals surface area contributed by atoms with Crippen LogP contribution in [0.2, 0.25) is 0 Å². The smallest absolute Gasteiger partial charge is 0.137 e. The molecule has 0 fully saturated rings. The van der Waals surface area contributed by atoms with Crippen LogP contribution in [0.4, 0.5) is 0 Å². The van der Waals surface area contributed by atoms with Crippen LogP contribution in [0.1, 0.15) is 23.1 Å². The second-order valence-corrected chi connectivity index (χ2v) is 3.27. The van der Waals surface area contributed by atoms with Crippen LogP contribution in [-0.4, -0.2) is 5.78 Å². The Balaban J connectivity index is 2.54. The Morgan fingerprint density at radius 3 is 2.92 bits per heavy atom. The fourth-order valence-electron chi connectivity index (χ4n) is 1.74. The molecule has 0 spiro atoms. The van der Waals surface area contributed by atoms with Crippen molar-refractivity contribution < 1.29 is 4.79 Å². The van der Waals surface area contributed by atoms with Gasteiger partial charge in [0, 0.05) is 12.8 Å². The molecular formula is C11H9NO. The van der Waals surface area contributed by atoms with Crippen molar-refractivity contribution in [2.75, 3.05) is 0 Å². The Labute approximate surface area is 76.8 Å². The number of ketones is 1. The molecule has 1 aromatic carbocycles. The van der Waals surface area contributed by atoms with E-state index in [0.717, 1.165) is 12.0 Å². The monoisotopic (exact) mass is 171 g/mol. The maximum Gasteiger partial charge on any atom is 0.137 e. The van der Waals surface area contributed by atoms with Crippen LogP contribution >= 0.6 is 0 Å². The average molecular weight is 171 g/mol. The molecule has 0 amide bonds. The lowest BCUT2D eigenvalue weighted by molar-refractivity contribution is -0.118. The number of nitriles is 1. The second kappa shape index (κ2) is 3.02. The molecule has 0 aliphatic heterocycles. The van der Waals surface area contributed by atoms with E-state index in [9.17, 15) is 4.79 Å². The molecular weight excluding hydrogens is 162 g/mol. The summed E-state index contributed by atoms with van der Waals surface area (Å²) in [5.74, 6) is 0.246. The van der Waals surface area contributed by atoms with E-state index in [4.69, 9.17) is 5.26 Å². The predicted molar refractivity (Wildman–Crippen MR) is 48.2 cm³/mol. The summed E-state index contributed by atoms with van der Waals surface area (Å²) in [6.07, 6.45) is 1.87. The Morgan fingerprint density at radius 1 is 1.31 bits per heavy atom. The topological polar surface area (TPSA) is 40.9 Å². The summed E-state index contributed by atoms with van der Waals surface area (Å²) >= 11 is 0. The van der Waals surface area contributed by atoms with Crippen molar-refractivity contribution in [3.8, 4) is 6.07 Å². The molecule has 0 N–H and O–H groups in total. The van der Waals surface area contributed by atoms with Gasteiger partial charge in [0.1, 0.15) is 5.78 Å². The Bertz CT molecular complexity index is 401. The zero-order chi connectivity index (χ0) is 9.26. The number of rotatable bonds is 0. The van der Waals surface area contributed by atoms with E-state index >= 15 is 0 Å². The highest BCUT2D eigenvalue weighted by Gasteiger charge is 2.17. The molecule has 1 aromatic rings. The molecule has 0 saturated heterocycles. The molecule has 0 unspecified atom stereocenters. The number of hydrogen-bond donors (Lipinski definition) is 0. The molecule has 0 aromatic heterocycles. The summed E-state index contributed by atoms with van der Waals surface area (Å²) < 4.78 is 0. The largest absolute Gasteiger partial charge is 0.299 e. The summed E-state index contributed by atoms with van der Waals surface area (Å²) in [4.78, 5) is 11.2. The minimum atomic E-state index is 0.246. The third-order valence-corrected chi connectivity index (χ3v) is 2.44. The van der Waals surface area contributed by atoms with Crippen molar-refractivity contribution in [3.63, 3.8) is 0 Å². The second-order valence-electron chi connectivity index (χ2n) is 3.27. The van der Waals surface area contributed by atoms with Gasteiger partial charge in [0.15, 0.2) is 0 Å². The van der Waals surface area contributed by atoms with Crippen molar-refractivity contribution in [3.05, 3.63) is 34.9 Å². The van der Waals surface area contributed by atoms with Crippen molar-refractivity contribution >= 4 is 5.78 Å². The highest BCUT2D eigenvalue weighted by molar-refractivity contribution is 5.84. The Morgan fingerprint density at radius 2 is 2.15 bits per heavy atom. The van der Waals surface area contributed by atoms with E-state index in [2.05, 4.69) is 6.07 Å². The number of fused-ring (bicyclic) bond motifs is 1. The van der Waals surface area contributed by atoms with E-state index in [-0.39, 0.29) is 5.78 Å². The van der Waals surface area contributed by atoms with Crippen LogP contribution in [0, 0.1) is 11.3 Å². The summed E-state index contributed by atoms with van der Waals surface area (Å²) in [7, 11) is 0. The standard InChI is InChI=1S/C11H9NO/c12-7-9-3-1-2-8-4-5-10(13)6-11(8)9/h1-3H,4-6H2. The first kappa shape index (κ1) is 8.00. The number of benzene rings is 1. The minimum Gasteiger partial charge on any atom is -0.299 e. The number of hydrogen-bond acceptors (Lipinski definition) is 2. The van der Waals surface area contributed by atoms with Crippen LogP contribution in [0.15, 0.2) is 18.2 Å². The maximum absolute atomic E-state index is 11.2. The summed E-state index contributed by atoms with van der Waals surface area (Å²) in [5, 5.41) is 8.82. The number of aryl methyl sites for hydroxylation is 1. The molecule has 0 heterocycles. The van der Waals surface area contributed by atoms with Crippen LogP contribution in [-0.2, 0) is 17.6 Å². The molecule has 0 saturated carbocycles. The van der Waals surface area contributed by atoms with Gasteiger partial charge in [-0.1, -0.05) is 12.1 Å². The average Bonchev–Trinajstić information content (AvgIpc) is 2.17. The lowest BCUT2D eigenvalue weighted by Gasteiger charge is -2.15. The third-order valence-electron chi connectivity index (χ3n) is 2.44. The highest BCUT2D eigenvalue weighted by Crippen LogP contribution is 2.21. The normalized spacial score (nSPS) is 14.8. The predicted octanol–water partition coefficient (Wildman–Crippen LogP) is 1.62. The Hall–Kier alpha value is -1.62. The fourth-order valence-corrected chi connectivity index (χ4v) is 1.74. The van der Waals surface area contributed by atoms with Gasteiger partial charge in [0.2, 0.25) is 0 Å². The fraction of sp³-hybridized carbons (Fsp3) is 0.273. The maximum atomic E-state index is 11.2. The van der Waals surface area contributed by atoms with E-state index < -0.39 is 0 Å². The van der Waals surface area contributed by atoms with Gasteiger partial charge in [-0.2, -0.15) is 5.26 Å². The van der Waals surface area contributed by atoms with Gasteiger partial charge in [-0.05, 0) is 23.6 Å². The first-order valence-electron chi connectivity index (χ1n) is 4.34. The van der Waals surface area contributed by atoms with Crippen LogP contribution < -0.4 is 0 Å². The molecule has 64 valence electrons. The van der Waals surface area contributed by atoms with Gasteiger partial charge in [-0.3, -0.25) is 4.79 Å². The van der Waals surface area contributed by atoms with Gasteiger partial charge in [0.25, 0.3) is 0 Å². The summed E-state index contributed by atoms with van der Waals surface area (Å²) in [6, 6.07) is 7.78. The number of carbonyl (C=O) groups is 1. The zero-order valence-electron chi connectivity index (χ0n) is 7.21. The first-order chi connectivity index (χ1) is 6.31. The number of Topliss-reactive ketones (excluding diaryl/α,β-unsaturated/α-hetero) is 1. The molecule has 0 bridgehead atoms. The lowest BCUT2D eigenvalue weighted by Crippen LogP contribution is -2.14. The minimum absolute atomic E-state index is 0.246. The van der Waals surface area contributed by atoms with E-state index in [1.54, 1.807) is 6.07 Å². The van der Waals surface area contributed by atoms with Crippen LogP contribution in [0.25, 0.3) is 0 Å². The third kappa shape index (κ3) is 1.33. The lowest BCUT2D eigenvalue weighted by atomic mass is 9.88. The highest BCUT2D eigenvalue weighted by atomic mass is 16.1. The van der Waals surface area contributed by atoms with Crippen molar-refractivity contribution in [2.24, 2.45) is 0 Å². The molecule has 2 heteroatoms. The zero-order valence-corrected chi connectivity index (χ0v) is 7.21. The van der Waals surface area contributed by atoms with E-state index in [0.29, 0.717) is 18.4 Å². The molecule has 13 heavy (non-hydrogen) atoms. The molecule has 1 aliphatic rings. The summed E-state index contributed by atoms with van der Waals surface area (Å²) in [6.45, 7) is 0. The molecule has 1 aliphatic carbocycles. The van der Waals surface area contributed by atoms with Crippen molar-refractivity contribution in [1.82, 2.24) is 0 Å². The number of nitrogens with zero attached hydrogens (tertiary/aromatic N) is 1. The van der Waals surface area contributed by atoms with Crippen LogP contribution in [0.3, 0.4) is 0 Å². The van der Waals surface area contributed by atoms with Gasteiger partial charge < -0.3 is 0 Å². The van der Waals surface area contributed by atoms with Crippen molar-refractivity contribution in [2.45, 2.75) is 19.3 Å². The summed E-state index contributed by atoms with van der Waals surface area (Å²) in [5.41, 5.74) is 2.77. The van der Waals surface area contributed by atoms with Gasteiger partial charge in [-0.15, -0.1) is 0 Å². The first-order valence-corrected chi connectivity index (χ1v) is 4.34. The quantitative estimate of drug-likeness (QED) is 0.595. The van der Waals surface area contributed by atoms with Gasteiger partial charge in [0.05, 0.1) is 11.6 Å². The van der Waals surface area contributed by atoms with E-state index in [1.165, 1.54) is 5.56 Å². The number of carbonyl (C=O) groups excluding carboxylic acids is 1. The molecule has 2 nitrogen and oxygen atoms in total. The van der Waals surface area contributed by atoms with Crippen molar-refractivity contribution in [1.29, 1.82) is 5.26 Å². The molecule has 2 rings (SSSR count). The van der Waals surface area contributed by atoms with Gasteiger partial charge in [-0.25, -0.2) is 0 Å². The molecule has 0 atom stereocenters. The van der Waals surface area contributed by atoms with E-state index in [1.807, 2.05) is 12.1 Å². The SMILES string of the molecule is N#Cc1cccc2c1CC(=O)CC2. The van der Waals surface area contributed by atoms with Crippen LogP contribution in [0.5, 0.6) is 0 Å².